The number of rotatable bonds is 5. The van der Waals surface area contributed by atoms with E-state index < -0.39 is 0 Å². The molecule has 0 saturated heterocycles. The summed E-state index contributed by atoms with van der Waals surface area (Å²) in [7, 11) is 0. The fraction of sp³-hybridized carbons (Fsp3) is 0.111. The van der Waals surface area contributed by atoms with Crippen molar-refractivity contribution < 1.29 is 4.74 Å². The summed E-state index contributed by atoms with van der Waals surface area (Å²) in [4.78, 5) is 10.0. The zero-order valence-electron chi connectivity index (χ0n) is 32.0. The van der Waals surface area contributed by atoms with Gasteiger partial charge in [0.05, 0.1) is 28.5 Å². The van der Waals surface area contributed by atoms with Crippen molar-refractivity contribution in [3.05, 3.63) is 198 Å². The van der Waals surface area contributed by atoms with Gasteiger partial charge in [-0.05, 0) is 118 Å². The van der Waals surface area contributed by atoms with Crippen LogP contribution in [0.5, 0.6) is 5.75 Å². The Morgan fingerprint density at radius 1 is 0.672 bits per heavy atom. The summed E-state index contributed by atoms with van der Waals surface area (Å²) in [5.74, 6) is 0.956. The van der Waals surface area contributed by atoms with E-state index in [0.29, 0.717) is 0 Å². The molecule has 0 radical (unpaired) electrons. The Labute approximate surface area is 337 Å². The Kier molecular flexibility index (Phi) is 7.59. The molecule has 0 N–H and O–H groups in total. The maximum absolute atomic E-state index is 6.66. The van der Waals surface area contributed by atoms with E-state index in [1.807, 2.05) is 6.20 Å². The van der Waals surface area contributed by atoms with Crippen LogP contribution in [0.25, 0.3) is 66.1 Å². The molecule has 58 heavy (non-hydrogen) atoms. The summed E-state index contributed by atoms with van der Waals surface area (Å²) in [6, 6.07) is 46.7. The van der Waals surface area contributed by atoms with Gasteiger partial charge in [-0.3, -0.25) is 9.98 Å². The third-order valence-corrected chi connectivity index (χ3v) is 12.5. The highest BCUT2D eigenvalue weighted by molar-refractivity contribution is 6.34. The second kappa shape index (κ2) is 13.3. The zero-order valence-corrected chi connectivity index (χ0v) is 32.0. The Hall–Kier alpha value is -7.04. The summed E-state index contributed by atoms with van der Waals surface area (Å²) < 4.78 is 9.06. The number of fused-ring (bicyclic) bond motifs is 8. The minimum Gasteiger partial charge on any atom is -0.485 e. The van der Waals surface area contributed by atoms with E-state index in [1.54, 1.807) is 0 Å². The van der Waals surface area contributed by atoms with Crippen molar-refractivity contribution in [1.29, 1.82) is 0 Å². The first-order chi connectivity index (χ1) is 28.7. The number of hydrogen-bond acceptors (Lipinski definition) is 3. The Balaban J connectivity index is 0.921. The first-order valence-electron chi connectivity index (χ1n) is 20.5. The van der Waals surface area contributed by atoms with Gasteiger partial charge in [0.15, 0.2) is 0 Å². The van der Waals surface area contributed by atoms with Crippen LogP contribution in [0.4, 0.5) is 0 Å². The molecule has 6 aromatic carbocycles. The van der Waals surface area contributed by atoms with E-state index in [1.165, 1.54) is 88.4 Å². The lowest BCUT2D eigenvalue weighted by atomic mass is 9.85. The van der Waals surface area contributed by atoms with E-state index >= 15 is 0 Å². The summed E-state index contributed by atoms with van der Waals surface area (Å²) in [5, 5.41) is 5.02. The molecule has 5 aliphatic rings. The summed E-state index contributed by atoms with van der Waals surface area (Å²) >= 11 is 0. The number of ether oxygens (including phenoxy) is 1. The van der Waals surface area contributed by atoms with Crippen molar-refractivity contribution in [2.75, 3.05) is 0 Å². The predicted molar refractivity (Wildman–Crippen MR) is 242 cm³/mol. The highest BCUT2D eigenvalue weighted by atomic mass is 16.5. The number of allylic oxidation sites excluding steroid dienone is 7. The number of hydrogen-bond donors (Lipinski definition) is 0. The van der Waals surface area contributed by atoms with Gasteiger partial charge in [0.1, 0.15) is 11.9 Å². The third kappa shape index (κ3) is 5.36. The minimum absolute atomic E-state index is 0.00222. The molecule has 12 rings (SSSR count). The van der Waals surface area contributed by atoms with E-state index in [2.05, 4.69) is 174 Å². The van der Waals surface area contributed by atoms with E-state index in [4.69, 9.17) is 14.7 Å². The van der Waals surface area contributed by atoms with Gasteiger partial charge in [-0.2, -0.15) is 0 Å². The molecule has 4 heterocycles. The Morgan fingerprint density at radius 3 is 2.34 bits per heavy atom. The van der Waals surface area contributed by atoms with Gasteiger partial charge in [0.2, 0.25) is 0 Å². The quantitative estimate of drug-likeness (QED) is 0.173. The fourth-order valence-corrected chi connectivity index (χ4v) is 9.64. The van der Waals surface area contributed by atoms with Gasteiger partial charge in [0.25, 0.3) is 0 Å². The largest absolute Gasteiger partial charge is 0.485 e. The van der Waals surface area contributed by atoms with Crippen LogP contribution in [0, 0.1) is 0 Å². The van der Waals surface area contributed by atoms with Crippen molar-refractivity contribution in [2.45, 2.75) is 37.8 Å². The summed E-state index contributed by atoms with van der Waals surface area (Å²) in [6.45, 7) is 0. The van der Waals surface area contributed by atoms with Crippen molar-refractivity contribution in [1.82, 2.24) is 4.57 Å². The molecule has 7 aromatic rings. The minimum atomic E-state index is -0.00222. The maximum atomic E-state index is 6.66. The molecule has 0 spiro atoms. The SMILES string of the molecule is C1=CCCC(C2=NC3CC=CN=C3C(c3ccc(-c4cccc5c4C4=CC(c6ccc7c(c6)c6cc8ccccc8cc6n7-c6ccccc6)=CCC4O5)cc3)=C2)=C1. The lowest BCUT2D eigenvalue weighted by Crippen LogP contribution is -2.27. The smallest absolute Gasteiger partial charge is 0.128 e. The monoisotopic (exact) mass is 745 g/mol. The lowest BCUT2D eigenvalue weighted by Gasteiger charge is -2.26. The lowest BCUT2D eigenvalue weighted by molar-refractivity contribution is 0.279. The van der Waals surface area contributed by atoms with Gasteiger partial charge < -0.3 is 9.30 Å². The molecule has 0 amide bonds. The maximum Gasteiger partial charge on any atom is 0.128 e. The molecular formula is C54H39N3O. The second-order valence-corrected chi connectivity index (χ2v) is 15.9. The fourth-order valence-electron chi connectivity index (χ4n) is 9.64. The highest BCUT2D eigenvalue weighted by Gasteiger charge is 2.33. The van der Waals surface area contributed by atoms with Crippen LogP contribution in [0.1, 0.15) is 42.4 Å². The van der Waals surface area contributed by atoms with Crippen LogP contribution in [0.3, 0.4) is 0 Å². The number of nitrogens with zero attached hydrogens (tertiary/aromatic N) is 3. The number of para-hydroxylation sites is 1. The van der Waals surface area contributed by atoms with Gasteiger partial charge >= 0.3 is 0 Å². The first-order valence-corrected chi connectivity index (χ1v) is 20.5. The predicted octanol–water partition coefficient (Wildman–Crippen LogP) is 13.1. The Bertz CT molecular complexity index is 3130. The third-order valence-electron chi connectivity index (χ3n) is 12.5. The van der Waals surface area contributed by atoms with Gasteiger partial charge in [-0.1, -0.05) is 115 Å². The Morgan fingerprint density at radius 2 is 1.48 bits per heavy atom. The van der Waals surface area contributed by atoms with E-state index in [0.717, 1.165) is 42.9 Å². The van der Waals surface area contributed by atoms with Crippen molar-refractivity contribution in [3.8, 4) is 22.6 Å². The average molecular weight is 746 g/mol. The van der Waals surface area contributed by atoms with Crippen LogP contribution in [0.2, 0.25) is 0 Å². The molecule has 276 valence electrons. The van der Waals surface area contributed by atoms with Crippen molar-refractivity contribution in [2.24, 2.45) is 9.98 Å². The van der Waals surface area contributed by atoms with Gasteiger partial charge in [-0.15, -0.1) is 0 Å². The molecule has 0 fully saturated rings. The molecule has 4 nitrogen and oxygen atoms in total. The van der Waals surface area contributed by atoms with E-state index in [9.17, 15) is 0 Å². The summed E-state index contributed by atoms with van der Waals surface area (Å²) in [6.07, 6.45) is 21.4. The van der Waals surface area contributed by atoms with Gasteiger partial charge in [-0.25, -0.2) is 0 Å². The molecule has 1 aromatic heterocycles. The van der Waals surface area contributed by atoms with Gasteiger partial charge in [0, 0.05) is 45.8 Å². The first kappa shape index (κ1) is 33.1. The normalized spacial score (nSPS) is 19.4. The standard InChI is InChI=1S/C54H39N3O/c1-3-11-36(12-4-1)48-33-43(54-47(56-48)18-10-28-55-54)35-22-20-34(21-23-35)42-17-9-19-52-53(42)46-31-40(25-27-51(46)58-52)39-24-26-49-44(30-39)45-29-37-13-7-8-14-38(37)32-50(45)57(49)41-15-5-2-6-16-41/h1-3,5-11,13-17,19-26,28-33,47,51H,4,12,18,27H2. The average Bonchev–Trinajstić information content (AvgIpc) is 3.83. The molecule has 2 aliphatic carbocycles. The van der Waals surface area contributed by atoms with Crippen LogP contribution >= 0.6 is 0 Å². The number of benzene rings is 6. The zero-order chi connectivity index (χ0) is 38.2. The molecular weight excluding hydrogens is 707 g/mol. The highest BCUT2D eigenvalue weighted by Crippen LogP contribution is 2.48. The number of aromatic nitrogens is 1. The van der Waals surface area contributed by atoms with Crippen molar-refractivity contribution >= 4 is 60.7 Å². The molecule has 0 bridgehead atoms. The van der Waals surface area contributed by atoms with E-state index in [-0.39, 0.29) is 12.1 Å². The molecule has 2 atom stereocenters. The molecule has 2 unspecified atom stereocenters. The molecule has 0 saturated carbocycles. The van der Waals surface area contributed by atoms with Crippen molar-refractivity contribution in [3.63, 3.8) is 0 Å². The van der Waals surface area contributed by atoms with Crippen LogP contribution < -0.4 is 4.74 Å². The van der Waals surface area contributed by atoms with Crippen LogP contribution in [-0.2, 0) is 0 Å². The van der Waals surface area contributed by atoms with Crippen LogP contribution in [0.15, 0.2) is 192 Å². The number of dihydropyridines is 1. The second-order valence-electron chi connectivity index (χ2n) is 15.9. The summed E-state index contributed by atoms with van der Waals surface area (Å²) in [5.41, 5.74) is 16.7. The molecule has 3 aliphatic heterocycles. The molecule has 4 heteroatoms. The topological polar surface area (TPSA) is 38.9 Å². The van der Waals surface area contributed by atoms with Crippen LogP contribution in [-0.4, -0.2) is 28.1 Å². The number of aliphatic imine (C=N–C) groups is 2.